The van der Waals surface area contributed by atoms with Crippen LogP contribution in [0.25, 0.3) is 0 Å². The third-order valence-electron chi connectivity index (χ3n) is 3.77. The first-order valence-corrected chi connectivity index (χ1v) is 7.11. The third kappa shape index (κ3) is 4.01. The first-order chi connectivity index (χ1) is 9.56. The van der Waals surface area contributed by atoms with Crippen LogP contribution >= 0.6 is 0 Å². The molecule has 112 valence electrons. The average Bonchev–Trinajstić information content (AvgIpc) is 2.77. The van der Waals surface area contributed by atoms with Crippen molar-refractivity contribution in [3.63, 3.8) is 0 Å². The van der Waals surface area contributed by atoms with Crippen molar-refractivity contribution < 1.29 is 14.4 Å². The molecule has 20 heavy (non-hydrogen) atoms. The van der Waals surface area contributed by atoms with Crippen LogP contribution in [0, 0.1) is 0 Å². The van der Waals surface area contributed by atoms with Crippen LogP contribution in [-0.2, 0) is 14.4 Å². The topological polar surface area (TPSA) is 81.8 Å². The van der Waals surface area contributed by atoms with Gasteiger partial charge in [0.25, 0.3) is 0 Å². The second kappa shape index (κ2) is 6.81. The van der Waals surface area contributed by atoms with Gasteiger partial charge in [-0.05, 0) is 13.3 Å². The van der Waals surface area contributed by atoms with Crippen molar-refractivity contribution in [1.82, 2.24) is 20.4 Å². The number of amides is 3. The summed E-state index contributed by atoms with van der Waals surface area (Å²) in [7, 11) is 0. The van der Waals surface area contributed by atoms with Gasteiger partial charge in [-0.2, -0.15) is 0 Å². The molecule has 1 atom stereocenters. The van der Waals surface area contributed by atoms with Gasteiger partial charge in [0.05, 0.1) is 13.1 Å². The van der Waals surface area contributed by atoms with Crippen molar-refractivity contribution in [3.8, 4) is 0 Å². The van der Waals surface area contributed by atoms with Crippen LogP contribution in [0.15, 0.2) is 0 Å². The first kappa shape index (κ1) is 14.9. The Morgan fingerprint density at radius 3 is 2.70 bits per heavy atom. The lowest BCUT2D eigenvalue weighted by molar-refractivity contribution is -0.136. The number of imide groups is 1. The van der Waals surface area contributed by atoms with E-state index in [9.17, 15) is 14.4 Å². The SMILES string of the molecule is CC1CNCCN1CC(=O)NC(=O)CN1CCCC1=O. The Labute approximate surface area is 118 Å². The van der Waals surface area contributed by atoms with Crippen LogP contribution in [-0.4, -0.2) is 72.8 Å². The van der Waals surface area contributed by atoms with Crippen LogP contribution in [0.2, 0.25) is 0 Å². The summed E-state index contributed by atoms with van der Waals surface area (Å²) in [6, 6.07) is 0.282. The molecule has 0 bridgehead atoms. The number of nitrogens with zero attached hydrogens (tertiary/aromatic N) is 2. The van der Waals surface area contributed by atoms with Crippen LogP contribution in [0.5, 0.6) is 0 Å². The van der Waals surface area contributed by atoms with E-state index in [1.807, 2.05) is 11.8 Å². The molecule has 2 aliphatic rings. The number of carbonyl (C=O) groups excluding carboxylic acids is 3. The minimum atomic E-state index is -0.395. The number of likely N-dealkylation sites (tertiary alicyclic amines) is 1. The lowest BCUT2D eigenvalue weighted by atomic mass is 10.2. The minimum Gasteiger partial charge on any atom is -0.333 e. The molecular weight excluding hydrogens is 260 g/mol. The van der Waals surface area contributed by atoms with E-state index in [0.717, 1.165) is 26.1 Å². The molecule has 0 aromatic carbocycles. The summed E-state index contributed by atoms with van der Waals surface area (Å²) in [5.41, 5.74) is 0. The lowest BCUT2D eigenvalue weighted by Gasteiger charge is -2.33. The molecule has 0 saturated carbocycles. The highest BCUT2D eigenvalue weighted by Gasteiger charge is 2.24. The van der Waals surface area contributed by atoms with Gasteiger partial charge in [0.1, 0.15) is 0 Å². The fraction of sp³-hybridized carbons (Fsp3) is 0.769. The summed E-state index contributed by atoms with van der Waals surface area (Å²) in [6.45, 7) is 5.37. The lowest BCUT2D eigenvalue weighted by Crippen LogP contribution is -2.53. The van der Waals surface area contributed by atoms with Crippen LogP contribution in [0.3, 0.4) is 0 Å². The standard InChI is InChI=1S/C13H22N4O3/c1-10-7-14-4-6-16(10)8-11(18)15-12(19)9-17-5-2-3-13(17)20/h10,14H,2-9H2,1H3,(H,15,18,19). The monoisotopic (exact) mass is 282 g/mol. The van der Waals surface area contributed by atoms with E-state index in [0.29, 0.717) is 13.0 Å². The predicted molar refractivity (Wildman–Crippen MR) is 72.9 cm³/mol. The Morgan fingerprint density at radius 2 is 2.05 bits per heavy atom. The molecule has 2 heterocycles. The van der Waals surface area contributed by atoms with Crippen molar-refractivity contribution in [2.75, 3.05) is 39.3 Å². The number of nitrogens with one attached hydrogen (secondary N) is 2. The van der Waals surface area contributed by atoms with Gasteiger partial charge in [0.2, 0.25) is 17.7 Å². The number of rotatable bonds is 4. The van der Waals surface area contributed by atoms with Gasteiger partial charge in [-0.15, -0.1) is 0 Å². The van der Waals surface area contributed by atoms with E-state index in [1.54, 1.807) is 0 Å². The Balaban J connectivity index is 1.73. The Bertz CT molecular complexity index is 399. The van der Waals surface area contributed by atoms with Gasteiger partial charge in [-0.1, -0.05) is 0 Å². The third-order valence-corrected chi connectivity index (χ3v) is 3.77. The highest BCUT2D eigenvalue weighted by molar-refractivity contribution is 5.98. The Hall–Kier alpha value is -1.47. The van der Waals surface area contributed by atoms with Gasteiger partial charge in [0.15, 0.2) is 0 Å². The highest BCUT2D eigenvalue weighted by Crippen LogP contribution is 2.08. The molecule has 2 fully saturated rings. The summed E-state index contributed by atoms with van der Waals surface area (Å²) in [6.07, 6.45) is 1.29. The molecule has 2 N–H and O–H groups in total. The van der Waals surface area contributed by atoms with Crippen LogP contribution < -0.4 is 10.6 Å². The van der Waals surface area contributed by atoms with Gasteiger partial charge < -0.3 is 10.2 Å². The molecule has 3 amide bonds. The second-order valence-electron chi connectivity index (χ2n) is 5.41. The van der Waals surface area contributed by atoms with Gasteiger partial charge >= 0.3 is 0 Å². The molecule has 0 aromatic heterocycles. The van der Waals surface area contributed by atoms with E-state index in [-0.39, 0.29) is 30.9 Å². The van der Waals surface area contributed by atoms with Gasteiger partial charge in [0, 0.05) is 38.6 Å². The maximum absolute atomic E-state index is 11.8. The zero-order valence-corrected chi connectivity index (χ0v) is 11.9. The molecule has 2 rings (SSSR count). The zero-order chi connectivity index (χ0) is 14.5. The summed E-state index contributed by atoms with van der Waals surface area (Å²) in [5, 5.41) is 5.61. The summed E-state index contributed by atoms with van der Waals surface area (Å²) < 4.78 is 0. The molecule has 0 aliphatic carbocycles. The largest absolute Gasteiger partial charge is 0.333 e. The van der Waals surface area contributed by atoms with Gasteiger partial charge in [-0.25, -0.2) is 0 Å². The van der Waals surface area contributed by atoms with E-state index >= 15 is 0 Å². The van der Waals surface area contributed by atoms with Crippen molar-refractivity contribution in [1.29, 1.82) is 0 Å². The maximum atomic E-state index is 11.8. The Morgan fingerprint density at radius 1 is 1.30 bits per heavy atom. The number of carbonyl (C=O) groups is 3. The van der Waals surface area contributed by atoms with E-state index in [4.69, 9.17) is 0 Å². The molecule has 2 aliphatic heterocycles. The molecule has 7 nitrogen and oxygen atoms in total. The zero-order valence-electron chi connectivity index (χ0n) is 11.9. The number of hydrogen-bond donors (Lipinski definition) is 2. The average molecular weight is 282 g/mol. The molecular formula is C13H22N4O3. The van der Waals surface area contributed by atoms with Crippen molar-refractivity contribution >= 4 is 17.7 Å². The predicted octanol–water partition coefficient (Wildman–Crippen LogP) is -1.45. The number of hydrogen-bond acceptors (Lipinski definition) is 5. The second-order valence-corrected chi connectivity index (χ2v) is 5.41. The maximum Gasteiger partial charge on any atom is 0.246 e. The fourth-order valence-electron chi connectivity index (χ4n) is 2.58. The van der Waals surface area contributed by atoms with Crippen LogP contribution in [0.4, 0.5) is 0 Å². The first-order valence-electron chi connectivity index (χ1n) is 7.11. The molecule has 7 heteroatoms. The van der Waals surface area contributed by atoms with E-state index in [2.05, 4.69) is 10.6 Å². The summed E-state index contributed by atoms with van der Waals surface area (Å²) in [4.78, 5) is 38.5. The fourth-order valence-corrected chi connectivity index (χ4v) is 2.58. The normalized spacial score (nSPS) is 23.9. The molecule has 2 saturated heterocycles. The van der Waals surface area contributed by atoms with Gasteiger partial charge in [-0.3, -0.25) is 24.6 Å². The molecule has 1 unspecified atom stereocenters. The molecule has 0 radical (unpaired) electrons. The minimum absolute atomic E-state index is 0.0108. The Kier molecular flexibility index (Phi) is 5.08. The summed E-state index contributed by atoms with van der Waals surface area (Å²) >= 11 is 0. The molecule has 0 spiro atoms. The van der Waals surface area contributed by atoms with E-state index in [1.165, 1.54) is 4.90 Å². The van der Waals surface area contributed by atoms with Crippen LogP contribution in [0.1, 0.15) is 19.8 Å². The summed E-state index contributed by atoms with van der Waals surface area (Å²) in [5.74, 6) is -0.702. The van der Waals surface area contributed by atoms with Crippen molar-refractivity contribution in [3.05, 3.63) is 0 Å². The van der Waals surface area contributed by atoms with Crippen molar-refractivity contribution in [2.45, 2.75) is 25.8 Å². The number of piperazine rings is 1. The van der Waals surface area contributed by atoms with E-state index < -0.39 is 5.91 Å². The highest BCUT2D eigenvalue weighted by atomic mass is 16.2. The smallest absolute Gasteiger partial charge is 0.246 e. The molecule has 0 aromatic rings. The van der Waals surface area contributed by atoms with Crippen molar-refractivity contribution in [2.24, 2.45) is 0 Å². The quantitative estimate of drug-likeness (QED) is 0.659.